The summed E-state index contributed by atoms with van der Waals surface area (Å²) in [7, 11) is -0.637. The molecule has 2 N–H and O–H groups in total. The summed E-state index contributed by atoms with van der Waals surface area (Å²) in [6, 6.07) is 15.4. The van der Waals surface area contributed by atoms with Crippen molar-refractivity contribution in [3.8, 4) is 5.75 Å². The van der Waals surface area contributed by atoms with Crippen molar-refractivity contribution in [3.63, 3.8) is 0 Å². The molecule has 0 saturated carbocycles. The maximum absolute atomic E-state index is 12.6. The van der Waals surface area contributed by atoms with Crippen molar-refractivity contribution in [3.05, 3.63) is 84.2 Å². The third-order valence-corrected chi connectivity index (χ3v) is 6.12. The fourth-order valence-electron chi connectivity index (χ4n) is 2.90. The van der Waals surface area contributed by atoms with Crippen LogP contribution in [0.4, 0.5) is 5.69 Å². The van der Waals surface area contributed by atoms with Crippen molar-refractivity contribution in [1.29, 1.82) is 0 Å². The first-order chi connectivity index (χ1) is 16.7. The number of amides is 2. The quantitative estimate of drug-likeness (QED) is 0.342. The molecule has 0 radical (unpaired) electrons. The molecule has 0 atom stereocenters. The summed E-state index contributed by atoms with van der Waals surface area (Å²) < 4.78 is 39.0. The zero-order valence-corrected chi connectivity index (χ0v) is 19.7. The van der Waals surface area contributed by atoms with Gasteiger partial charge in [-0.25, -0.2) is 13.2 Å². The number of aryl methyl sites for hydroxylation is 1. The Hall–Kier alpha value is -4.38. The number of ether oxygens (including phenoxy) is 2. The van der Waals surface area contributed by atoms with Crippen LogP contribution in [0, 0.1) is 0 Å². The Bertz CT molecular complexity index is 1340. The van der Waals surface area contributed by atoms with Gasteiger partial charge in [-0.2, -0.15) is 0 Å². The Morgan fingerprint density at radius 2 is 1.69 bits per heavy atom. The third-order valence-electron chi connectivity index (χ3n) is 4.72. The minimum absolute atomic E-state index is 0.0348. The fourth-order valence-corrected chi connectivity index (χ4v) is 3.96. The zero-order valence-electron chi connectivity index (χ0n) is 18.9. The van der Waals surface area contributed by atoms with Gasteiger partial charge in [-0.3, -0.25) is 19.6 Å². The number of hydrogen-bond acceptors (Lipinski definition) is 7. The van der Waals surface area contributed by atoms with Crippen LogP contribution in [0.15, 0.2) is 77.8 Å². The molecule has 0 saturated heterocycles. The maximum Gasteiger partial charge on any atom is 0.331 e. The van der Waals surface area contributed by atoms with E-state index in [1.54, 1.807) is 54.2 Å². The first-order valence-corrected chi connectivity index (χ1v) is 11.7. The third kappa shape index (κ3) is 7.05. The summed E-state index contributed by atoms with van der Waals surface area (Å²) >= 11 is 0. The average Bonchev–Trinajstić information content (AvgIpc) is 3.28. The summed E-state index contributed by atoms with van der Waals surface area (Å²) in [5, 5.41) is 2.13. The number of nitrogens with one attached hydrogen (secondary N) is 2. The lowest BCUT2D eigenvalue weighted by molar-refractivity contribution is -0.143. The number of benzene rings is 2. The van der Waals surface area contributed by atoms with Gasteiger partial charge in [0.2, 0.25) is 0 Å². The summed E-state index contributed by atoms with van der Waals surface area (Å²) in [6.07, 6.45) is 4.15. The molecule has 11 heteroatoms. The molecular formula is C24H23N3O7S. The lowest BCUT2D eigenvalue weighted by Crippen LogP contribution is -2.34. The Morgan fingerprint density at radius 3 is 2.29 bits per heavy atom. The number of imide groups is 1. The van der Waals surface area contributed by atoms with Crippen LogP contribution < -0.4 is 14.8 Å². The number of nitrogens with zero attached hydrogens (tertiary/aromatic N) is 1. The highest BCUT2D eigenvalue weighted by Crippen LogP contribution is 2.20. The number of sulfonamides is 1. The van der Waals surface area contributed by atoms with E-state index in [2.05, 4.69) is 10.0 Å². The molecule has 0 bridgehead atoms. The Balaban J connectivity index is 1.50. The van der Waals surface area contributed by atoms with E-state index in [9.17, 15) is 22.8 Å². The summed E-state index contributed by atoms with van der Waals surface area (Å²) in [5.41, 5.74) is 1.20. The van der Waals surface area contributed by atoms with Crippen LogP contribution in [-0.4, -0.2) is 44.5 Å². The van der Waals surface area contributed by atoms with Crippen molar-refractivity contribution in [1.82, 2.24) is 9.88 Å². The Kier molecular flexibility index (Phi) is 8.05. The van der Waals surface area contributed by atoms with E-state index < -0.39 is 34.4 Å². The molecular weight excluding hydrogens is 474 g/mol. The van der Waals surface area contributed by atoms with Gasteiger partial charge in [0.05, 0.1) is 12.0 Å². The molecule has 0 unspecified atom stereocenters. The molecule has 0 aliphatic heterocycles. The molecule has 1 aromatic heterocycles. The SMILES string of the molecule is COc1ccc(NS(=O)(=O)c2ccc(/C=C/C(=O)OCC(=O)NC(=O)c3cccn3C)cc2)cc1. The highest BCUT2D eigenvalue weighted by atomic mass is 32.2. The molecule has 0 spiro atoms. The summed E-state index contributed by atoms with van der Waals surface area (Å²) in [5.74, 6) is -1.57. The van der Waals surface area contributed by atoms with E-state index in [0.29, 0.717) is 17.0 Å². The monoisotopic (exact) mass is 497 g/mol. The second kappa shape index (κ2) is 11.2. The van der Waals surface area contributed by atoms with E-state index in [-0.39, 0.29) is 10.6 Å². The molecule has 0 aliphatic rings. The van der Waals surface area contributed by atoms with Crippen molar-refractivity contribution in [2.45, 2.75) is 4.90 Å². The fraction of sp³-hybridized carbons (Fsp3) is 0.125. The number of carbonyl (C=O) groups is 3. The molecule has 0 fully saturated rings. The second-order valence-electron chi connectivity index (χ2n) is 7.23. The van der Waals surface area contributed by atoms with Crippen LogP contribution in [-0.2, 0) is 31.4 Å². The number of carbonyl (C=O) groups excluding carboxylic acids is 3. The van der Waals surface area contributed by atoms with Gasteiger partial charge in [0.15, 0.2) is 6.61 Å². The normalized spacial score (nSPS) is 11.1. The smallest absolute Gasteiger partial charge is 0.331 e. The summed E-state index contributed by atoms with van der Waals surface area (Å²) in [6.45, 7) is -0.631. The van der Waals surface area contributed by atoms with Crippen molar-refractivity contribution < 1.29 is 32.3 Å². The van der Waals surface area contributed by atoms with Crippen molar-refractivity contribution in [2.24, 2.45) is 7.05 Å². The van der Waals surface area contributed by atoms with Gasteiger partial charge in [0.25, 0.3) is 21.8 Å². The van der Waals surface area contributed by atoms with Crippen LogP contribution >= 0.6 is 0 Å². The van der Waals surface area contributed by atoms with E-state index in [1.807, 2.05) is 0 Å². The van der Waals surface area contributed by atoms with Crippen LogP contribution in [0.2, 0.25) is 0 Å². The Morgan fingerprint density at radius 1 is 1.00 bits per heavy atom. The minimum atomic E-state index is -3.81. The number of anilines is 1. The highest BCUT2D eigenvalue weighted by molar-refractivity contribution is 7.92. The predicted octanol–water partition coefficient (Wildman–Crippen LogP) is 2.35. The zero-order chi connectivity index (χ0) is 25.4. The van der Waals surface area contributed by atoms with E-state index in [4.69, 9.17) is 9.47 Å². The molecule has 10 nitrogen and oxygen atoms in total. The summed E-state index contributed by atoms with van der Waals surface area (Å²) in [4.78, 5) is 35.7. The van der Waals surface area contributed by atoms with Gasteiger partial charge in [-0.15, -0.1) is 0 Å². The number of methoxy groups -OCH3 is 1. The van der Waals surface area contributed by atoms with Crippen LogP contribution in [0.5, 0.6) is 5.75 Å². The largest absolute Gasteiger partial charge is 0.497 e. The number of rotatable bonds is 9. The standard InChI is InChI=1S/C24H23N3O7S/c1-27-15-3-4-21(27)24(30)25-22(28)16-34-23(29)14-7-17-5-12-20(13-6-17)35(31,32)26-18-8-10-19(33-2)11-9-18/h3-15,26H,16H2,1-2H3,(H,25,28,30)/b14-7+. The van der Waals surface area contributed by atoms with E-state index >= 15 is 0 Å². The van der Waals surface area contributed by atoms with Crippen LogP contribution in [0.3, 0.4) is 0 Å². The molecule has 35 heavy (non-hydrogen) atoms. The van der Waals surface area contributed by atoms with Gasteiger partial charge in [0.1, 0.15) is 11.4 Å². The van der Waals surface area contributed by atoms with Gasteiger partial charge in [-0.1, -0.05) is 12.1 Å². The molecule has 2 aromatic carbocycles. The van der Waals surface area contributed by atoms with Gasteiger partial charge < -0.3 is 14.0 Å². The molecule has 182 valence electrons. The number of esters is 1. The van der Waals surface area contributed by atoms with Crippen LogP contribution in [0.1, 0.15) is 16.1 Å². The molecule has 2 amide bonds. The maximum atomic E-state index is 12.6. The second-order valence-corrected chi connectivity index (χ2v) is 8.91. The highest BCUT2D eigenvalue weighted by Gasteiger charge is 2.15. The average molecular weight is 498 g/mol. The van der Waals surface area contributed by atoms with Gasteiger partial charge in [-0.05, 0) is 60.2 Å². The first-order valence-electron chi connectivity index (χ1n) is 10.3. The lowest BCUT2D eigenvalue weighted by Gasteiger charge is -2.09. The van der Waals surface area contributed by atoms with Crippen molar-refractivity contribution >= 4 is 39.6 Å². The van der Waals surface area contributed by atoms with Crippen LogP contribution in [0.25, 0.3) is 6.08 Å². The Labute approximate surface area is 202 Å². The topological polar surface area (TPSA) is 133 Å². The van der Waals surface area contributed by atoms with E-state index in [1.165, 1.54) is 37.5 Å². The van der Waals surface area contributed by atoms with Crippen molar-refractivity contribution in [2.75, 3.05) is 18.4 Å². The molecule has 0 aliphatic carbocycles. The number of hydrogen-bond donors (Lipinski definition) is 2. The molecule has 3 aromatic rings. The molecule has 1 heterocycles. The number of aromatic nitrogens is 1. The lowest BCUT2D eigenvalue weighted by atomic mass is 10.2. The van der Waals surface area contributed by atoms with E-state index in [0.717, 1.165) is 6.08 Å². The van der Waals surface area contributed by atoms with Gasteiger partial charge in [0, 0.05) is 25.0 Å². The minimum Gasteiger partial charge on any atom is -0.497 e. The predicted molar refractivity (Wildman–Crippen MR) is 128 cm³/mol. The first kappa shape index (κ1) is 25.2. The molecule has 3 rings (SSSR count). The van der Waals surface area contributed by atoms with Gasteiger partial charge >= 0.3 is 5.97 Å².